The average Bonchev–Trinajstić information content (AvgIpc) is 2.14. The average molecular weight is 295 g/mol. The maximum Gasteiger partial charge on any atom is 0.222 e. The molecule has 0 saturated heterocycles. The fourth-order valence-electron chi connectivity index (χ4n) is 0.814. The van der Waals surface area contributed by atoms with E-state index in [9.17, 15) is 8.42 Å². The van der Waals surface area contributed by atoms with Crippen LogP contribution in [-0.2, 0) is 10.0 Å². The summed E-state index contributed by atoms with van der Waals surface area (Å²) >= 11 is 3.21. The van der Waals surface area contributed by atoms with Gasteiger partial charge in [-0.15, -0.1) is 0 Å². The molecule has 0 saturated carbocycles. The fourth-order valence-corrected chi connectivity index (χ4v) is 1.49. The van der Waals surface area contributed by atoms with Crippen molar-refractivity contribution >= 4 is 31.9 Å². The Hall–Kier alpha value is -0.730. The molecule has 0 unspecified atom stereocenters. The highest BCUT2D eigenvalue weighted by Crippen LogP contribution is 2.06. The van der Waals surface area contributed by atoms with Crippen LogP contribution in [0.2, 0.25) is 0 Å². The number of hydrogen-bond acceptors (Lipinski definition) is 5. The highest BCUT2D eigenvalue weighted by atomic mass is 79.9. The third-order valence-corrected chi connectivity index (χ3v) is 2.53. The number of rotatable bonds is 5. The van der Waals surface area contributed by atoms with E-state index in [0.29, 0.717) is 19.0 Å². The van der Waals surface area contributed by atoms with Crippen molar-refractivity contribution in [1.82, 2.24) is 14.7 Å². The van der Waals surface area contributed by atoms with E-state index >= 15 is 0 Å². The highest BCUT2D eigenvalue weighted by Gasteiger charge is 1.99. The second kappa shape index (κ2) is 5.38. The number of sulfonamides is 1. The zero-order valence-corrected chi connectivity index (χ0v) is 10.5. The summed E-state index contributed by atoms with van der Waals surface area (Å²) in [5.41, 5.74) is 0. The lowest BCUT2D eigenvalue weighted by atomic mass is 10.6. The molecule has 0 spiro atoms. The summed E-state index contributed by atoms with van der Waals surface area (Å²) < 4.78 is 24.6. The summed E-state index contributed by atoms with van der Waals surface area (Å²) in [4.78, 5) is 7.93. The Morgan fingerprint density at radius 3 is 2.47 bits per heavy atom. The van der Waals surface area contributed by atoms with Crippen LogP contribution < -0.4 is 10.0 Å². The maximum absolute atomic E-state index is 10.7. The zero-order chi connectivity index (χ0) is 11.3. The van der Waals surface area contributed by atoms with Crippen molar-refractivity contribution in [1.29, 1.82) is 0 Å². The molecule has 0 amide bonds. The molecule has 0 atom stereocenters. The van der Waals surface area contributed by atoms with Crippen LogP contribution in [0.25, 0.3) is 0 Å². The Balaban J connectivity index is 2.29. The van der Waals surface area contributed by atoms with Crippen molar-refractivity contribution in [3.63, 3.8) is 0 Å². The first-order valence-corrected chi connectivity index (χ1v) is 6.82. The number of nitrogens with one attached hydrogen (secondary N) is 2. The summed E-state index contributed by atoms with van der Waals surface area (Å²) in [7, 11) is -3.12. The van der Waals surface area contributed by atoms with Crippen LogP contribution in [0, 0.1) is 0 Å². The van der Waals surface area contributed by atoms with E-state index in [1.165, 1.54) is 0 Å². The highest BCUT2D eigenvalue weighted by molar-refractivity contribution is 9.10. The van der Waals surface area contributed by atoms with Gasteiger partial charge in [0.2, 0.25) is 16.0 Å². The first kappa shape index (κ1) is 12.3. The molecule has 1 rings (SSSR count). The molecule has 1 aromatic heterocycles. The molecular weight excluding hydrogens is 284 g/mol. The Bertz CT molecular complexity index is 406. The van der Waals surface area contributed by atoms with E-state index in [2.05, 4.69) is 35.9 Å². The van der Waals surface area contributed by atoms with Crippen molar-refractivity contribution in [2.45, 2.75) is 0 Å². The van der Waals surface area contributed by atoms with Crippen molar-refractivity contribution in [2.75, 3.05) is 24.7 Å². The SMILES string of the molecule is CS(=O)(=O)NCCNc1ncc(Br)cn1. The van der Waals surface area contributed by atoms with Gasteiger partial charge in [-0.3, -0.25) is 0 Å². The molecule has 0 radical (unpaired) electrons. The number of anilines is 1. The van der Waals surface area contributed by atoms with Crippen LogP contribution in [0.4, 0.5) is 5.95 Å². The minimum absolute atomic E-state index is 0.304. The third-order valence-electron chi connectivity index (χ3n) is 1.39. The van der Waals surface area contributed by atoms with Gasteiger partial charge in [0, 0.05) is 25.5 Å². The van der Waals surface area contributed by atoms with Gasteiger partial charge in [0.15, 0.2) is 0 Å². The molecule has 1 heterocycles. The molecule has 0 aliphatic heterocycles. The van der Waals surface area contributed by atoms with Gasteiger partial charge in [-0.1, -0.05) is 0 Å². The zero-order valence-electron chi connectivity index (χ0n) is 8.07. The Morgan fingerprint density at radius 2 is 1.93 bits per heavy atom. The minimum Gasteiger partial charge on any atom is -0.353 e. The Morgan fingerprint density at radius 1 is 1.33 bits per heavy atom. The lowest BCUT2D eigenvalue weighted by Crippen LogP contribution is -2.27. The van der Waals surface area contributed by atoms with Crippen molar-refractivity contribution in [3.8, 4) is 0 Å². The van der Waals surface area contributed by atoms with Gasteiger partial charge in [0.05, 0.1) is 10.7 Å². The van der Waals surface area contributed by atoms with E-state index in [4.69, 9.17) is 0 Å². The number of hydrogen-bond donors (Lipinski definition) is 2. The molecule has 84 valence electrons. The first-order valence-electron chi connectivity index (χ1n) is 4.13. The number of nitrogens with zero attached hydrogens (tertiary/aromatic N) is 2. The molecule has 6 nitrogen and oxygen atoms in total. The van der Waals surface area contributed by atoms with Crippen LogP contribution >= 0.6 is 15.9 Å². The van der Waals surface area contributed by atoms with Crippen LogP contribution in [0.3, 0.4) is 0 Å². The number of halogens is 1. The van der Waals surface area contributed by atoms with E-state index in [1.807, 2.05) is 0 Å². The Kier molecular flexibility index (Phi) is 4.43. The van der Waals surface area contributed by atoms with Gasteiger partial charge in [0.25, 0.3) is 0 Å². The normalized spacial score (nSPS) is 11.3. The fraction of sp³-hybridized carbons (Fsp3) is 0.429. The van der Waals surface area contributed by atoms with Crippen LogP contribution in [0.15, 0.2) is 16.9 Å². The Labute approximate surface area is 96.7 Å². The van der Waals surface area contributed by atoms with Crippen LogP contribution in [-0.4, -0.2) is 37.7 Å². The molecule has 0 aliphatic rings. The first-order chi connectivity index (χ1) is 6.97. The van der Waals surface area contributed by atoms with Crippen molar-refractivity contribution in [2.24, 2.45) is 0 Å². The lowest BCUT2D eigenvalue weighted by Gasteiger charge is -2.04. The molecule has 0 aromatic carbocycles. The number of aromatic nitrogens is 2. The van der Waals surface area contributed by atoms with Crippen LogP contribution in [0.1, 0.15) is 0 Å². The molecule has 2 N–H and O–H groups in total. The minimum atomic E-state index is -3.12. The van der Waals surface area contributed by atoms with Crippen molar-refractivity contribution < 1.29 is 8.42 Å². The summed E-state index contributed by atoms with van der Waals surface area (Å²) in [5.74, 6) is 0.466. The standard InChI is InChI=1S/C7H11BrN4O2S/c1-15(13,14)12-3-2-9-7-10-4-6(8)5-11-7/h4-5,12H,2-3H2,1H3,(H,9,10,11). The molecular formula is C7H11BrN4O2S. The van der Waals surface area contributed by atoms with Gasteiger partial charge in [-0.25, -0.2) is 23.1 Å². The molecule has 0 bridgehead atoms. The quantitative estimate of drug-likeness (QED) is 0.758. The van der Waals surface area contributed by atoms with Gasteiger partial charge >= 0.3 is 0 Å². The third kappa shape index (κ3) is 5.65. The second-order valence-electron chi connectivity index (χ2n) is 2.82. The van der Waals surface area contributed by atoms with Gasteiger partial charge in [0.1, 0.15) is 0 Å². The summed E-state index contributed by atoms with van der Waals surface area (Å²) in [6.45, 7) is 0.743. The smallest absolute Gasteiger partial charge is 0.222 e. The van der Waals surface area contributed by atoms with E-state index in [1.54, 1.807) is 12.4 Å². The van der Waals surface area contributed by atoms with Gasteiger partial charge in [-0.2, -0.15) is 0 Å². The largest absolute Gasteiger partial charge is 0.353 e. The summed E-state index contributed by atoms with van der Waals surface area (Å²) in [6, 6.07) is 0. The van der Waals surface area contributed by atoms with Crippen molar-refractivity contribution in [3.05, 3.63) is 16.9 Å². The summed E-state index contributed by atoms with van der Waals surface area (Å²) in [6.07, 6.45) is 4.34. The molecule has 15 heavy (non-hydrogen) atoms. The monoisotopic (exact) mass is 294 g/mol. The summed E-state index contributed by atoms with van der Waals surface area (Å²) in [5, 5.41) is 2.87. The van der Waals surface area contributed by atoms with E-state index in [0.717, 1.165) is 10.7 Å². The topological polar surface area (TPSA) is 84.0 Å². The van der Waals surface area contributed by atoms with Crippen LogP contribution in [0.5, 0.6) is 0 Å². The maximum atomic E-state index is 10.7. The molecule has 0 fully saturated rings. The molecule has 1 aromatic rings. The van der Waals surface area contributed by atoms with E-state index < -0.39 is 10.0 Å². The van der Waals surface area contributed by atoms with E-state index in [-0.39, 0.29) is 0 Å². The predicted molar refractivity (Wildman–Crippen MR) is 61.1 cm³/mol. The lowest BCUT2D eigenvalue weighted by molar-refractivity contribution is 0.589. The second-order valence-corrected chi connectivity index (χ2v) is 5.57. The molecule has 8 heteroatoms. The molecule has 0 aliphatic carbocycles. The van der Waals surface area contributed by atoms with Gasteiger partial charge in [-0.05, 0) is 15.9 Å². The predicted octanol–water partition coefficient (Wildman–Crippen LogP) is 0.200. The van der Waals surface area contributed by atoms with Gasteiger partial charge < -0.3 is 5.32 Å².